The second kappa shape index (κ2) is 5.88. The van der Waals surface area contributed by atoms with Gasteiger partial charge in [-0.3, -0.25) is 0 Å². The molecule has 0 spiro atoms. The third-order valence-electron chi connectivity index (χ3n) is 2.03. The van der Waals surface area contributed by atoms with Crippen LogP contribution in [-0.4, -0.2) is 6.07 Å². The van der Waals surface area contributed by atoms with Gasteiger partial charge in [0.05, 0.1) is 15.1 Å². The summed E-state index contributed by atoms with van der Waals surface area (Å²) in [6.45, 7) is 3.89. The van der Waals surface area contributed by atoms with Gasteiger partial charge in [-0.1, -0.05) is 71.9 Å². The van der Waals surface area contributed by atoms with Gasteiger partial charge < -0.3 is 4.74 Å². The molecule has 0 aliphatic carbocycles. The molecule has 1 aromatic carbocycles. The summed E-state index contributed by atoms with van der Waals surface area (Å²) in [5.41, 5.74) is 0.710. The maximum absolute atomic E-state index is 6.11. The molecule has 0 aromatic heterocycles. The average molecular weight is 322 g/mol. The van der Waals surface area contributed by atoms with Crippen LogP contribution in [0.1, 0.15) is 25.3 Å². The van der Waals surface area contributed by atoms with Gasteiger partial charge in [-0.15, -0.1) is 0 Å². The SMILES string of the molecule is CC(C)c1c(Cl)c(Cl)c(Cl)c(Cl)c1OCCl. The van der Waals surface area contributed by atoms with Crippen LogP contribution < -0.4 is 4.74 Å². The average Bonchev–Trinajstić information content (AvgIpc) is 2.23. The van der Waals surface area contributed by atoms with Crippen LogP contribution in [0.3, 0.4) is 0 Å². The van der Waals surface area contributed by atoms with Gasteiger partial charge in [0.1, 0.15) is 10.8 Å². The molecule has 0 aliphatic heterocycles. The molecule has 6 heteroatoms. The summed E-state index contributed by atoms with van der Waals surface area (Å²) in [6.07, 6.45) is 0. The van der Waals surface area contributed by atoms with Gasteiger partial charge in [-0.2, -0.15) is 0 Å². The quantitative estimate of drug-likeness (QED) is 0.377. The van der Waals surface area contributed by atoms with Crippen LogP contribution in [0.2, 0.25) is 20.1 Å². The van der Waals surface area contributed by atoms with Crippen molar-refractivity contribution in [1.29, 1.82) is 0 Å². The van der Waals surface area contributed by atoms with E-state index in [4.69, 9.17) is 62.7 Å². The van der Waals surface area contributed by atoms with Crippen LogP contribution in [0.15, 0.2) is 0 Å². The molecule has 0 saturated heterocycles. The number of hydrogen-bond acceptors (Lipinski definition) is 1. The van der Waals surface area contributed by atoms with E-state index in [9.17, 15) is 0 Å². The Balaban J connectivity index is 3.55. The highest BCUT2D eigenvalue weighted by molar-refractivity contribution is 6.52. The zero-order valence-electron chi connectivity index (χ0n) is 8.58. The van der Waals surface area contributed by atoms with E-state index in [-0.39, 0.29) is 27.1 Å². The summed E-state index contributed by atoms with van der Waals surface area (Å²) in [7, 11) is 0. The number of rotatable bonds is 3. The first kappa shape index (κ1) is 14.5. The molecule has 90 valence electrons. The minimum atomic E-state index is -0.0340. The van der Waals surface area contributed by atoms with Gasteiger partial charge in [0.25, 0.3) is 0 Å². The predicted molar refractivity (Wildman–Crippen MR) is 71.9 cm³/mol. The lowest BCUT2D eigenvalue weighted by atomic mass is 10.0. The van der Waals surface area contributed by atoms with Crippen molar-refractivity contribution in [3.63, 3.8) is 0 Å². The van der Waals surface area contributed by atoms with E-state index in [0.29, 0.717) is 16.3 Å². The van der Waals surface area contributed by atoms with Crippen molar-refractivity contribution in [2.75, 3.05) is 6.07 Å². The number of benzene rings is 1. The Labute approximate surface area is 120 Å². The first-order valence-electron chi connectivity index (χ1n) is 4.46. The van der Waals surface area contributed by atoms with Gasteiger partial charge in [0.2, 0.25) is 0 Å². The van der Waals surface area contributed by atoms with E-state index in [2.05, 4.69) is 0 Å². The minimum Gasteiger partial charge on any atom is -0.476 e. The topological polar surface area (TPSA) is 9.23 Å². The largest absolute Gasteiger partial charge is 0.476 e. The molecule has 1 rings (SSSR count). The predicted octanol–water partition coefficient (Wildman–Crippen LogP) is 6.00. The molecule has 0 fully saturated rings. The summed E-state index contributed by atoms with van der Waals surface area (Å²) in [6, 6.07) is -0.0340. The van der Waals surface area contributed by atoms with Gasteiger partial charge in [0.15, 0.2) is 6.07 Å². The molecule has 0 radical (unpaired) electrons. The summed E-state index contributed by atoms with van der Waals surface area (Å²) in [5.74, 6) is 0.490. The summed E-state index contributed by atoms with van der Waals surface area (Å²) >= 11 is 29.6. The molecule has 0 amide bonds. The fourth-order valence-corrected chi connectivity index (χ4v) is 2.57. The van der Waals surface area contributed by atoms with E-state index in [0.717, 1.165) is 0 Å². The number of ether oxygens (including phenoxy) is 1. The van der Waals surface area contributed by atoms with E-state index >= 15 is 0 Å². The Bertz CT molecular complexity index is 403. The van der Waals surface area contributed by atoms with E-state index in [1.54, 1.807) is 0 Å². The van der Waals surface area contributed by atoms with Crippen LogP contribution in [0, 0.1) is 0 Å². The van der Waals surface area contributed by atoms with Gasteiger partial charge in [0, 0.05) is 5.56 Å². The lowest BCUT2D eigenvalue weighted by molar-refractivity contribution is 0.382. The van der Waals surface area contributed by atoms with Gasteiger partial charge >= 0.3 is 0 Å². The minimum absolute atomic E-state index is 0.0340. The number of alkyl halides is 1. The zero-order chi connectivity index (χ0) is 12.5. The first-order chi connectivity index (χ1) is 7.41. The molecule has 0 aliphatic rings. The Kier molecular flexibility index (Phi) is 5.34. The molecule has 1 aromatic rings. The van der Waals surface area contributed by atoms with Crippen LogP contribution >= 0.6 is 58.0 Å². The molecule has 0 heterocycles. The molecule has 0 N–H and O–H groups in total. The summed E-state index contributed by atoms with van der Waals surface area (Å²) in [5, 5.41) is 1.00. The van der Waals surface area contributed by atoms with E-state index < -0.39 is 0 Å². The molecule has 1 nitrogen and oxygen atoms in total. The molecule has 0 unspecified atom stereocenters. The molecule has 16 heavy (non-hydrogen) atoms. The van der Waals surface area contributed by atoms with E-state index in [1.807, 2.05) is 13.8 Å². The highest BCUT2D eigenvalue weighted by atomic mass is 35.5. The maximum Gasteiger partial charge on any atom is 0.162 e. The van der Waals surface area contributed by atoms with Crippen molar-refractivity contribution < 1.29 is 4.74 Å². The highest BCUT2D eigenvalue weighted by Crippen LogP contribution is 2.48. The normalized spacial score (nSPS) is 11.0. The lowest BCUT2D eigenvalue weighted by Gasteiger charge is -2.18. The Morgan fingerprint density at radius 1 is 0.938 bits per heavy atom. The second-order valence-corrected chi connectivity index (χ2v) is 5.14. The monoisotopic (exact) mass is 320 g/mol. The number of hydrogen-bond donors (Lipinski definition) is 0. The maximum atomic E-state index is 6.11. The van der Waals surface area contributed by atoms with Crippen molar-refractivity contribution in [3.8, 4) is 5.75 Å². The molecular weight excluding hydrogens is 313 g/mol. The molecular formula is C10H9Cl5O. The van der Waals surface area contributed by atoms with E-state index in [1.165, 1.54) is 0 Å². The van der Waals surface area contributed by atoms with Crippen LogP contribution in [0.4, 0.5) is 0 Å². The lowest BCUT2D eigenvalue weighted by Crippen LogP contribution is -2.00. The smallest absolute Gasteiger partial charge is 0.162 e. The third-order valence-corrected chi connectivity index (χ3v) is 3.94. The summed E-state index contributed by atoms with van der Waals surface area (Å²) < 4.78 is 5.25. The molecule has 0 atom stereocenters. The second-order valence-electron chi connectivity index (χ2n) is 3.41. The van der Waals surface area contributed by atoms with Crippen LogP contribution in [0.5, 0.6) is 5.75 Å². The van der Waals surface area contributed by atoms with Crippen molar-refractivity contribution in [3.05, 3.63) is 25.7 Å². The Morgan fingerprint density at radius 2 is 1.44 bits per heavy atom. The fraction of sp³-hybridized carbons (Fsp3) is 0.400. The van der Waals surface area contributed by atoms with Crippen LogP contribution in [0.25, 0.3) is 0 Å². The van der Waals surface area contributed by atoms with Gasteiger partial charge in [-0.25, -0.2) is 0 Å². The first-order valence-corrected chi connectivity index (χ1v) is 6.51. The highest BCUT2D eigenvalue weighted by Gasteiger charge is 2.23. The fourth-order valence-electron chi connectivity index (χ4n) is 1.34. The Morgan fingerprint density at radius 3 is 1.88 bits per heavy atom. The van der Waals surface area contributed by atoms with Crippen LogP contribution in [-0.2, 0) is 0 Å². The molecule has 0 bridgehead atoms. The van der Waals surface area contributed by atoms with Crippen molar-refractivity contribution in [2.45, 2.75) is 19.8 Å². The third kappa shape index (κ3) is 2.65. The Hall–Kier alpha value is 0.470. The van der Waals surface area contributed by atoms with Gasteiger partial charge in [-0.05, 0) is 5.92 Å². The number of halogens is 5. The molecule has 0 saturated carbocycles. The standard InChI is InChI=1S/C10H9Cl5O/c1-4(2)5-6(12)7(13)8(14)9(15)10(5)16-3-11/h4H,3H2,1-2H3. The van der Waals surface area contributed by atoms with Crippen molar-refractivity contribution in [2.24, 2.45) is 0 Å². The van der Waals surface area contributed by atoms with Crippen molar-refractivity contribution in [1.82, 2.24) is 0 Å². The van der Waals surface area contributed by atoms with Crippen molar-refractivity contribution >= 4 is 58.0 Å². The zero-order valence-corrected chi connectivity index (χ0v) is 12.4. The summed E-state index contributed by atoms with van der Waals surface area (Å²) in [4.78, 5) is 0.